The molecule has 0 amide bonds. The molecule has 0 aromatic heterocycles. The number of rotatable bonds is 1. The second-order valence-corrected chi connectivity index (χ2v) is 3.16. The highest BCUT2D eigenvalue weighted by molar-refractivity contribution is 5.85. The van der Waals surface area contributed by atoms with Crippen LogP contribution in [0.1, 0.15) is 19.8 Å². The SMILES string of the molecule is CC1(C(N)=NO)CCOCC1. The summed E-state index contributed by atoms with van der Waals surface area (Å²) in [5, 5.41) is 11.5. The number of ether oxygens (including phenoxy) is 1. The molecule has 4 nitrogen and oxygen atoms in total. The molecule has 0 atom stereocenters. The smallest absolute Gasteiger partial charge is 0.145 e. The zero-order valence-electron chi connectivity index (χ0n) is 6.71. The van der Waals surface area contributed by atoms with Crippen molar-refractivity contribution in [3.63, 3.8) is 0 Å². The van der Waals surface area contributed by atoms with Crippen LogP contribution in [0.4, 0.5) is 0 Å². The quantitative estimate of drug-likeness (QED) is 0.253. The first-order valence-corrected chi connectivity index (χ1v) is 3.75. The van der Waals surface area contributed by atoms with Crippen LogP contribution in [-0.4, -0.2) is 24.3 Å². The van der Waals surface area contributed by atoms with Gasteiger partial charge in [-0.3, -0.25) is 0 Å². The standard InChI is InChI=1S/C7H14N2O2/c1-7(6(8)9-10)2-4-11-5-3-7/h10H,2-5H2,1H3,(H2,8,9). The molecule has 11 heavy (non-hydrogen) atoms. The fourth-order valence-electron chi connectivity index (χ4n) is 1.20. The molecular formula is C7H14N2O2. The number of nitrogens with zero attached hydrogens (tertiary/aromatic N) is 1. The van der Waals surface area contributed by atoms with Crippen molar-refractivity contribution in [3.05, 3.63) is 0 Å². The van der Waals surface area contributed by atoms with Crippen LogP contribution in [0.2, 0.25) is 0 Å². The Labute approximate surface area is 66.0 Å². The summed E-state index contributed by atoms with van der Waals surface area (Å²) in [5.74, 6) is 0.320. The molecule has 0 spiro atoms. The van der Waals surface area contributed by atoms with Gasteiger partial charge in [-0.2, -0.15) is 0 Å². The van der Waals surface area contributed by atoms with E-state index in [-0.39, 0.29) is 5.41 Å². The number of nitrogens with two attached hydrogens (primary N) is 1. The average molecular weight is 158 g/mol. The molecule has 0 saturated carbocycles. The van der Waals surface area contributed by atoms with Crippen molar-refractivity contribution < 1.29 is 9.94 Å². The number of amidine groups is 1. The third kappa shape index (κ3) is 1.63. The largest absolute Gasteiger partial charge is 0.409 e. The van der Waals surface area contributed by atoms with Crippen LogP contribution in [0.5, 0.6) is 0 Å². The van der Waals surface area contributed by atoms with Crippen LogP contribution in [-0.2, 0) is 4.74 Å². The van der Waals surface area contributed by atoms with E-state index in [1.165, 1.54) is 0 Å². The van der Waals surface area contributed by atoms with Gasteiger partial charge in [0.25, 0.3) is 0 Å². The maximum atomic E-state index is 8.47. The molecule has 1 saturated heterocycles. The van der Waals surface area contributed by atoms with Crippen LogP contribution in [0, 0.1) is 5.41 Å². The molecule has 64 valence electrons. The predicted molar refractivity (Wildman–Crippen MR) is 41.6 cm³/mol. The van der Waals surface area contributed by atoms with Gasteiger partial charge in [-0.25, -0.2) is 0 Å². The minimum Gasteiger partial charge on any atom is -0.409 e. The molecule has 3 N–H and O–H groups in total. The van der Waals surface area contributed by atoms with E-state index in [0.29, 0.717) is 19.0 Å². The van der Waals surface area contributed by atoms with E-state index in [2.05, 4.69) is 5.16 Å². The fourth-order valence-corrected chi connectivity index (χ4v) is 1.20. The zero-order valence-corrected chi connectivity index (χ0v) is 6.71. The third-order valence-corrected chi connectivity index (χ3v) is 2.32. The monoisotopic (exact) mass is 158 g/mol. The normalized spacial score (nSPS) is 25.0. The van der Waals surface area contributed by atoms with Crippen LogP contribution in [0.3, 0.4) is 0 Å². The Morgan fingerprint density at radius 2 is 2.09 bits per heavy atom. The number of hydrogen-bond acceptors (Lipinski definition) is 3. The summed E-state index contributed by atoms with van der Waals surface area (Å²) in [5.41, 5.74) is 5.37. The molecule has 0 radical (unpaired) electrons. The van der Waals surface area contributed by atoms with E-state index >= 15 is 0 Å². The third-order valence-electron chi connectivity index (χ3n) is 2.32. The van der Waals surface area contributed by atoms with Crippen molar-refractivity contribution in [2.45, 2.75) is 19.8 Å². The van der Waals surface area contributed by atoms with Crippen molar-refractivity contribution in [2.75, 3.05) is 13.2 Å². The van der Waals surface area contributed by atoms with Gasteiger partial charge in [-0.05, 0) is 12.8 Å². The lowest BCUT2D eigenvalue weighted by Gasteiger charge is -2.31. The lowest BCUT2D eigenvalue weighted by Crippen LogP contribution is -2.39. The van der Waals surface area contributed by atoms with Crippen LogP contribution >= 0.6 is 0 Å². The van der Waals surface area contributed by atoms with Crippen LogP contribution in [0.25, 0.3) is 0 Å². The molecule has 0 aromatic rings. The highest BCUT2D eigenvalue weighted by atomic mass is 16.5. The molecule has 4 heteroatoms. The molecule has 1 fully saturated rings. The van der Waals surface area contributed by atoms with E-state index < -0.39 is 0 Å². The Hall–Kier alpha value is -0.770. The summed E-state index contributed by atoms with van der Waals surface area (Å²) in [6.07, 6.45) is 1.67. The van der Waals surface area contributed by atoms with Gasteiger partial charge in [-0.1, -0.05) is 12.1 Å². The van der Waals surface area contributed by atoms with Gasteiger partial charge in [0.1, 0.15) is 5.84 Å². The summed E-state index contributed by atoms with van der Waals surface area (Å²) >= 11 is 0. The lowest BCUT2D eigenvalue weighted by molar-refractivity contribution is 0.0507. The number of oxime groups is 1. The van der Waals surface area contributed by atoms with E-state index in [1.807, 2.05) is 6.92 Å². The lowest BCUT2D eigenvalue weighted by atomic mass is 9.81. The van der Waals surface area contributed by atoms with Crippen LogP contribution < -0.4 is 5.73 Å². The second-order valence-electron chi connectivity index (χ2n) is 3.16. The minimum absolute atomic E-state index is 0.160. The maximum Gasteiger partial charge on any atom is 0.145 e. The van der Waals surface area contributed by atoms with E-state index in [0.717, 1.165) is 12.8 Å². The average Bonchev–Trinajstić information content (AvgIpc) is 2.04. The van der Waals surface area contributed by atoms with E-state index in [1.54, 1.807) is 0 Å². The summed E-state index contributed by atoms with van der Waals surface area (Å²) < 4.78 is 5.17. The Morgan fingerprint density at radius 1 is 1.55 bits per heavy atom. The van der Waals surface area contributed by atoms with E-state index in [4.69, 9.17) is 15.7 Å². The first kappa shape index (κ1) is 8.33. The van der Waals surface area contributed by atoms with Gasteiger partial charge in [0.15, 0.2) is 0 Å². The molecule has 0 unspecified atom stereocenters. The second kappa shape index (κ2) is 3.09. The van der Waals surface area contributed by atoms with Gasteiger partial charge in [-0.15, -0.1) is 0 Å². The van der Waals surface area contributed by atoms with Gasteiger partial charge >= 0.3 is 0 Å². The molecule has 1 aliphatic heterocycles. The topological polar surface area (TPSA) is 67.8 Å². The maximum absolute atomic E-state index is 8.47. The van der Waals surface area contributed by atoms with Crippen molar-refractivity contribution in [2.24, 2.45) is 16.3 Å². The molecular weight excluding hydrogens is 144 g/mol. The predicted octanol–water partition coefficient (Wildman–Crippen LogP) is 0.549. The zero-order chi connectivity index (χ0) is 8.32. The Bertz CT molecular complexity index is 162. The fraction of sp³-hybridized carbons (Fsp3) is 0.857. The van der Waals surface area contributed by atoms with Gasteiger partial charge in [0, 0.05) is 18.6 Å². The van der Waals surface area contributed by atoms with Gasteiger partial charge in [0.2, 0.25) is 0 Å². The minimum atomic E-state index is -0.160. The molecule has 1 rings (SSSR count). The van der Waals surface area contributed by atoms with Crippen molar-refractivity contribution in [3.8, 4) is 0 Å². The Kier molecular flexibility index (Phi) is 2.34. The molecule has 0 aliphatic carbocycles. The highest BCUT2D eigenvalue weighted by Gasteiger charge is 2.31. The summed E-state index contributed by atoms with van der Waals surface area (Å²) in [6.45, 7) is 3.39. The Morgan fingerprint density at radius 3 is 2.55 bits per heavy atom. The van der Waals surface area contributed by atoms with Crippen molar-refractivity contribution in [1.29, 1.82) is 0 Å². The summed E-state index contributed by atoms with van der Waals surface area (Å²) in [4.78, 5) is 0. The molecule has 1 heterocycles. The summed E-state index contributed by atoms with van der Waals surface area (Å²) in [6, 6.07) is 0. The molecule has 1 aliphatic rings. The number of hydrogen-bond donors (Lipinski definition) is 2. The Balaban J connectivity index is 2.64. The first-order valence-electron chi connectivity index (χ1n) is 3.75. The van der Waals surface area contributed by atoms with Crippen LogP contribution in [0.15, 0.2) is 5.16 Å². The van der Waals surface area contributed by atoms with Crippen molar-refractivity contribution >= 4 is 5.84 Å². The summed E-state index contributed by atoms with van der Waals surface area (Å²) in [7, 11) is 0. The highest BCUT2D eigenvalue weighted by Crippen LogP contribution is 2.29. The van der Waals surface area contributed by atoms with E-state index in [9.17, 15) is 0 Å². The molecule has 0 aromatic carbocycles. The van der Waals surface area contributed by atoms with Crippen molar-refractivity contribution in [1.82, 2.24) is 0 Å². The first-order chi connectivity index (χ1) is 5.19. The molecule has 0 bridgehead atoms. The van der Waals surface area contributed by atoms with Gasteiger partial charge in [0.05, 0.1) is 0 Å². The van der Waals surface area contributed by atoms with Gasteiger partial charge < -0.3 is 15.7 Å².